The minimum Gasteiger partial charge on any atom is -0.378 e. The first-order chi connectivity index (χ1) is 16.6. The highest BCUT2D eigenvalue weighted by atomic mass is 31.2. The molecular formula is C27H36N3O4P. The van der Waals surface area contributed by atoms with Gasteiger partial charge in [-0.25, -0.2) is 0 Å². The molecule has 1 fully saturated rings. The summed E-state index contributed by atoms with van der Waals surface area (Å²) in [5.41, 5.74) is 5.37. The summed E-state index contributed by atoms with van der Waals surface area (Å²) in [4.78, 5) is 29.6. The minimum absolute atomic E-state index is 0.00612. The van der Waals surface area contributed by atoms with Crippen molar-refractivity contribution in [1.29, 1.82) is 0 Å². The Balaban J connectivity index is 1.89. The molecule has 0 spiro atoms. The van der Waals surface area contributed by atoms with Crippen LogP contribution in [0.15, 0.2) is 59.7 Å². The Hall–Kier alpha value is -2.70. The molecule has 188 valence electrons. The van der Waals surface area contributed by atoms with E-state index in [4.69, 9.17) is 4.52 Å². The maximum atomic E-state index is 13.4. The van der Waals surface area contributed by atoms with Crippen LogP contribution in [0.3, 0.4) is 0 Å². The van der Waals surface area contributed by atoms with Crippen molar-refractivity contribution in [2.75, 3.05) is 70.4 Å². The van der Waals surface area contributed by atoms with Crippen LogP contribution >= 0.6 is 7.60 Å². The zero-order valence-electron chi connectivity index (χ0n) is 21.3. The summed E-state index contributed by atoms with van der Waals surface area (Å²) in [6.07, 6.45) is 3.85. The van der Waals surface area contributed by atoms with Gasteiger partial charge in [0.1, 0.15) is 0 Å². The lowest BCUT2D eigenvalue weighted by Crippen LogP contribution is -2.39. The van der Waals surface area contributed by atoms with Crippen LogP contribution in [0.1, 0.15) is 18.1 Å². The Kier molecular flexibility index (Phi) is 9.09. The standard InChI is InChI=1S/C27H36N3O4P/c1-6-34-35(32,33)16-15-30-19-23(17-21-7-11-25(12-8-21)28(2)3)27(31)24(20-30)18-22-9-13-26(14-10-22)29(4)5/h7-14,17-18H,6,15-16,19-20H2,1-5H3,(H,32,33)/b23-17+,24-18+. The molecule has 0 aliphatic carbocycles. The molecule has 7 nitrogen and oxygen atoms in total. The van der Waals surface area contributed by atoms with Crippen LogP contribution in [0.25, 0.3) is 12.2 Å². The van der Waals surface area contributed by atoms with E-state index in [1.165, 1.54) is 0 Å². The summed E-state index contributed by atoms with van der Waals surface area (Å²) < 4.78 is 17.3. The second kappa shape index (κ2) is 11.8. The number of piperidine rings is 1. The molecule has 3 rings (SSSR count). The summed E-state index contributed by atoms with van der Waals surface area (Å²) in [5, 5.41) is 0. The first kappa shape index (κ1) is 26.9. The van der Waals surface area contributed by atoms with Gasteiger partial charge in [0.25, 0.3) is 0 Å². The monoisotopic (exact) mass is 497 g/mol. The molecule has 1 saturated heterocycles. The van der Waals surface area contributed by atoms with Crippen molar-refractivity contribution in [3.8, 4) is 0 Å². The summed E-state index contributed by atoms with van der Waals surface area (Å²) in [6, 6.07) is 16.1. The molecule has 35 heavy (non-hydrogen) atoms. The average Bonchev–Trinajstić information content (AvgIpc) is 2.81. The predicted molar refractivity (Wildman–Crippen MR) is 145 cm³/mol. The molecule has 0 aromatic heterocycles. The fraction of sp³-hybridized carbons (Fsp3) is 0.370. The van der Waals surface area contributed by atoms with Crippen LogP contribution < -0.4 is 9.80 Å². The number of carbonyl (C=O) groups excluding carboxylic acids is 1. The third-order valence-corrected chi connectivity index (χ3v) is 7.33. The summed E-state index contributed by atoms with van der Waals surface area (Å²) in [6.45, 7) is 3.07. The van der Waals surface area contributed by atoms with E-state index in [0.29, 0.717) is 30.8 Å². The maximum absolute atomic E-state index is 13.4. The van der Waals surface area contributed by atoms with E-state index in [2.05, 4.69) is 0 Å². The normalized spacial score (nSPS) is 18.6. The number of rotatable bonds is 9. The quantitative estimate of drug-likeness (QED) is 0.407. The fourth-order valence-electron chi connectivity index (χ4n) is 3.94. The molecule has 2 aromatic carbocycles. The van der Waals surface area contributed by atoms with Gasteiger partial charge in [-0.1, -0.05) is 24.3 Å². The van der Waals surface area contributed by atoms with Gasteiger partial charge >= 0.3 is 7.60 Å². The second-order valence-corrected chi connectivity index (χ2v) is 11.1. The summed E-state index contributed by atoms with van der Waals surface area (Å²) in [7, 11) is 4.29. The Labute approximate surface area is 208 Å². The second-order valence-electron chi connectivity index (χ2n) is 9.13. The van der Waals surface area contributed by atoms with Gasteiger partial charge < -0.3 is 19.2 Å². The van der Waals surface area contributed by atoms with Crippen LogP contribution in [0.2, 0.25) is 0 Å². The van der Waals surface area contributed by atoms with Crippen molar-refractivity contribution in [1.82, 2.24) is 4.90 Å². The van der Waals surface area contributed by atoms with Crippen LogP contribution in [-0.4, -0.2) is 76.2 Å². The fourth-order valence-corrected chi connectivity index (χ4v) is 5.01. The molecule has 0 bridgehead atoms. The smallest absolute Gasteiger partial charge is 0.329 e. The van der Waals surface area contributed by atoms with E-state index in [-0.39, 0.29) is 18.6 Å². The van der Waals surface area contributed by atoms with Crippen molar-refractivity contribution in [3.05, 3.63) is 70.8 Å². The highest BCUT2D eigenvalue weighted by Crippen LogP contribution is 2.41. The number of Topliss-reactive ketones (excluding diaryl/α,β-unsaturated/α-hetero) is 1. The molecule has 1 N–H and O–H groups in total. The van der Waals surface area contributed by atoms with Crippen molar-refractivity contribution >= 4 is 36.9 Å². The Morgan fingerprint density at radius 3 is 1.69 bits per heavy atom. The van der Waals surface area contributed by atoms with Gasteiger partial charge in [-0.15, -0.1) is 0 Å². The molecule has 1 heterocycles. The van der Waals surface area contributed by atoms with Gasteiger partial charge in [0.05, 0.1) is 12.8 Å². The number of carbonyl (C=O) groups is 1. The van der Waals surface area contributed by atoms with Crippen molar-refractivity contribution in [2.45, 2.75) is 6.92 Å². The molecule has 8 heteroatoms. The van der Waals surface area contributed by atoms with Crippen molar-refractivity contribution in [2.24, 2.45) is 0 Å². The molecular weight excluding hydrogens is 461 g/mol. The number of hydrogen-bond donors (Lipinski definition) is 1. The molecule has 1 atom stereocenters. The van der Waals surface area contributed by atoms with E-state index in [0.717, 1.165) is 22.5 Å². The van der Waals surface area contributed by atoms with E-state index in [9.17, 15) is 14.3 Å². The van der Waals surface area contributed by atoms with Crippen LogP contribution in [0.4, 0.5) is 11.4 Å². The lowest BCUT2D eigenvalue weighted by Gasteiger charge is -2.30. The molecule has 1 aliphatic heterocycles. The van der Waals surface area contributed by atoms with Crippen LogP contribution in [-0.2, 0) is 13.9 Å². The zero-order valence-corrected chi connectivity index (χ0v) is 22.2. The topological polar surface area (TPSA) is 73.3 Å². The van der Waals surface area contributed by atoms with Crippen LogP contribution in [0.5, 0.6) is 0 Å². The predicted octanol–water partition coefficient (Wildman–Crippen LogP) is 4.39. The lowest BCUT2D eigenvalue weighted by atomic mass is 9.94. The van der Waals surface area contributed by atoms with Gasteiger partial charge in [-0.05, 0) is 54.5 Å². The van der Waals surface area contributed by atoms with E-state index < -0.39 is 7.60 Å². The highest BCUT2D eigenvalue weighted by Gasteiger charge is 2.28. The molecule has 0 amide bonds. The van der Waals surface area contributed by atoms with Crippen molar-refractivity contribution in [3.63, 3.8) is 0 Å². The van der Waals surface area contributed by atoms with Gasteiger partial charge in [-0.2, -0.15) is 0 Å². The molecule has 0 saturated carbocycles. The number of nitrogens with zero attached hydrogens (tertiary/aromatic N) is 3. The van der Waals surface area contributed by atoms with Gasteiger partial charge in [0, 0.05) is 70.3 Å². The van der Waals surface area contributed by atoms with E-state index >= 15 is 0 Å². The minimum atomic E-state index is -3.65. The largest absolute Gasteiger partial charge is 0.378 e. The highest BCUT2D eigenvalue weighted by molar-refractivity contribution is 7.52. The number of likely N-dealkylation sites (tertiary alicyclic amines) is 1. The van der Waals surface area contributed by atoms with Crippen molar-refractivity contribution < 1.29 is 18.8 Å². The number of benzene rings is 2. The zero-order chi connectivity index (χ0) is 25.6. The Bertz CT molecular complexity index is 1050. The van der Waals surface area contributed by atoms with Gasteiger partial charge in [0.15, 0.2) is 5.78 Å². The molecule has 1 unspecified atom stereocenters. The van der Waals surface area contributed by atoms with E-state index in [1.807, 2.05) is 104 Å². The number of ketones is 1. The Morgan fingerprint density at radius 1 is 0.886 bits per heavy atom. The van der Waals surface area contributed by atoms with Gasteiger partial charge in [-0.3, -0.25) is 14.3 Å². The first-order valence-corrected chi connectivity index (χ1v) is 13.5. The Morgan fingerprint density at radius 2 is 1.31 bits per heavy atom. The molecule has 2 aromatic rings. The summed E-state index contributed by atoms with van der Waals surface area (Å²) in [5.74, 6) is 0.00612. The first-order valence-electron chi connectivity index (χ1n) is 11.8. The number of anilines is 2. The van der Waals surface area contributed by atoms with Gasteiger partial charge in [0.2, 0.25) is 0 Å². The SMILES string of the molecule is CCOP(=O)(O)CCN1C/C(=C\c2ccc(N(C)C)cc2)C(=O)/C(=C/c2ccc(N(C)C)cc2)C1. The van der Waals surface area contributed by atoms with E-state index in [1.54, 1.807) is 6.92 Å². The third-order valence-electron chi connectivity index (χ3n) is 5.90. The van der Waals surface area contributed by atoms with Crippen LogP contribution in [0, 0.1) is 0 Å². The maximum Gasteiger partial charge on any atom is 0.329 e. The average molecular weight is 498 g/mol. The molecule has 1 aliphatic rings. The molecule has 0 radical (unpaired) electrons. The summed E-state index contributed by atoms with van der Waals surface area (Å²) >= 11 is 0. The number of hydrogen-bond acceptors (Lipinski definition) is 6. The lowest BCUT2D eigenvalue weighted by molar-refractivity contribution is -0.113. The third kappa shape index (κ3) is 7.64.